The van der Waals surface area contributed by atoms with Gasteiger partial charge in [-0.05, 0) is 24.3 Å². The van der Waals surface area contributed by atoms with Gasteiger partial charge in [-0.25, -0.2) is 11.0 Å². The summed E-state index contributed by atoms with van der Waals surface area (Å²) in [4.78, 5) is 18.6. The number of hydrogen-bond acceptors (Lipinski definition) is 9. The van der Waals surface area contributed by atoms with E-state index in [0.717, 1.165) is 5.12 Å². The number of nitrogens with two attached hydrogens (primary N) is 2. The molecule has 1 aliphatic heterocycles. The molecule has 34 heavy (non-hydrogen) atoms. The van der Waals surface area contributed by atoms with Crippen molar-refractivity contribution < 1.29 is 22.7 Å². The molecule has 1 aliphatic rings. The van der Waals surface area contributed by atoms with E-state index in [9.17, 15) is 13.6 Å². The van der Waals surface area contributed by atoms with E-state index in [4.69, 9.17) is 20.7 Å². The molecule has 2 aromatic heterocycles. The Balaban J connectivity index is 1.40. The summed E-state index contributed by atoms with van der Waals surface area (Å²) in [6.07, 6.45) is -1.44. The van der Waals surface area contributed by atoms with Crippen molar-refractivity contribution in [2.45, 2.75) is 13.0 Å². The average Bonchev–Trinajstić information content (AvgIpc) is 3.35. The molecule has 11 nitrogen and oxygen atoms in total. The molecule has 1 saturated heterocycles. The second kappa shape index (κ2) is 10.3. The van der Waals surface area contributed by atoms with Crippen LogP contribution in [0.25, 0.3) is 11.5 Å². The molecule has 0 saturated carbocycles. The smallest absolute Gasteiger partial charge is 0.314 e. The van der Waals surface area contributed by atoms with Crippen molar-refractivity contribution in [3.8, 4) is 11.5 Å². The van der Waals surface area contributed by atoms with Gasteiger partial charge in [0.2, 0.25) is 5.89 Å². The molecule has 0 unspecified atom stereocenters. The Bertz CT molecular complexity index is 1160. The second-order valence-electron chi connectivity index (χ2n) is 7.35. The van der Waals surface area contributed by atoms with Gasteiger partial charge in [0, 0.05) is 30.4 Å². The quantitative estimate of drug-likeness (QED) is 0.226. The van der Waals surface area contributed by atoms with Crippen LogP contribution in [0.1, 0.15) is 33.9 Å². The number of hydrazone groups is 1. The fraction of sp³-hybridized carbons (Fsp3) is 0.286. The summed E-state index contributed by atoms with van der Waals surface area (Å²) in [7, 11) is 0. The lowest BCUT2D eigenvalue weighted by Gasteiger charge is -2.27. The Hall–Kier alpha value is -3.97. The zero-order valence-corrected chi connectivity index (χ0v) is 18.0. The third-order valence-electron chi connectivity index (χ3n) is 4.96. The molecule has 0 atom stereocenters. The highest BCUT2D eigenvalue weighted by atomic mass is 19.3. The molecule has 0 bridgehead atoms. The van der Waals surface area contributed by atoms with Gasteiger partial charge in [0.1, 0.15) is 0 Å². The SMILES string of the molecule is N/C(=N\N(N)Cc1ccc(-c2nnc(C(F)F)o2)cn1)c1cccc(C(=O)N2CCOCC2)c1. The minimum absolute atomic E-state index is 0.0623. The summed E-state index contributed by atoms with van der Waals surface area (Å²) in [6.45, 7) is 2.21. The number of carbonyl (C=O) groups is 1. The minimum Gasteiger partial charge on any atom is -0.415 e. The van der Waals surface area contributed by atoms with Crippen molar-refractivity contribution >= 4 is 11.7 Å². The van der Waals surface area contributed by atoms with Crippen LogP contribution in [0.15, 0.2) is 52.1 Å². The Labute approximate surface area is 193 Å². The van der Waals surface area contributed by atoms with Gasteiger partial charge in [-0.3, -0.25) is 9.78 Å². The normalized spacial score (nSPS) is 14.5. The van der Waals surface area contributed by atoms with E-state index >= 15 is 0 Å². The van der Waals surface area contributed by atoms with Crippen LogP contribution >= 0.6 is 0 Å². The maximum Gasteiger partial charge on any atom is 0.314 e. The van der Waals surface area contributed by atoms with E-state index in [1.54, 1.807) is 41.3 Å². The molecular formula is C21H22F2N8O3. The van der Waals surface area contributed by atoms with Gasteiger partial charge in [-0.2, -0.15) is 8.78 Å². The summed E-state index contributed by atoms with van der Waals surface area (Å²) in [6, 6.07) is 10.0. The van der Waals surface area contributed by atoms with Crippen LogP contribution in [0.2, 0.25) is 0 Å². The molecule has 178 valence electrons. The van der Waals surface area contributed by atoms with Crippen molar-refractivity contribution in [2.24, 2.45) is 16.7 Å². The monoisotopic (exact) mass is 472 g/mol. The first-order valence-electron chi connectivity index (χ1n) is 10.3. The van der Waals surface area contributed by atoms with E-state index in [2.05, 4.69) is 20.3 Å². The molecule has 4 rings (SSSR count). The number of amidine groups is 1. The first-order chi connectivity index (χ1) is 16.4. The fourth-order valence-corrected chi connectivity index (χ4v) is 3.24. The first kappa shape index (κ1) is 23.2. The van der Waals surface area contributed by atoms with Crippen LogP contribution < -0.4 is 11.6 Å². The Morgan fingerprint density at radius 3 is 2.62 bits per heavy atom. The number of carbonyl (C=O) groups excluding carboxylic acids is 1. The molecule has 0 radical (unpaired) electrons. The van der Waals surface area contributed by atoms with Crippen molar-refractivity contribution in [1.29, 1.82) is 0 Å². The van der Waals surface area contributed by atoms with Gasteiger partial charge in [0.05, 0.1) is 31.0 Å². The number of hydrogen-bond donors (Lipinski definition) is 2. The number of alkyl halides is 2. The summed E-state index contributed by atoms with van der Waals surface area (Å²) >= 11 is 0. The number of morpholine rings is 1. The molecular weight excluding hydrogens is 450 g/mol. The zero-order valence-electron chi connectivity index (χ0n) is 18.0. The number of pyridine rings is 1. The number of amides is 1. The van der Waals surface area contributed by atoms with E-state index < -0.39 is 12.3 Å². The van der Waals surface area contributed by atoms with Crippen molar-refractivity contribution in [3.63, 3.8) is 0 Å². The zero-order chi connectivity index (χ0) is 24.1. The van der Waals surface area contributed by atoms with Crippen LogP contribution in [-0.2, 0) is 11.3 Å². The lowest BCUT2D eigenvalue weighted by Crippen LogP contribution is -2.40. The molecule has 1 amide bonds. The molecule has 1 fully saturated rings. The third kappa shape index (κ3) is 5.50. The minimum atomic E-state index is -2.85. The van der Waals surface area contributed by atoms with Crippen LogP contribution in [0.4, 0.5) is 8.78 Å². The molecule has 3 aromatic rings. The van der Waals surface area contributed by atoms with Crippen LogP contribution in [0.3, 0.4) is 0 Å². The number of ether oxygens (including phenoxy) is 1. The lowest BCUT2D eigenvalue weighted by molar-refractivity contribution is 0.0303. The number of benzene rings is 1. The molecule has 13 heteroatoms. The van der Waals surface area contributed by atoms with Crippen molar-refractivity contribution in [3.05, 3.63) is 65.3 Å². The highest BCUT2D eigenvalue weighted by Crippen LogP contribution is 2.22. The lowest BCUT2D eigenvalue weighted by atomic mass is 10.1. The van der Waals surface area contributed by atoms with E-state index in [0.29, 0.717) is 48.7 Å². The predicted molar refractivity (Wildman–Crippen MR) is 116 cm³/mol. The number of rotatable bonds is 7. The van der Waals surface area contributed by atoms with Gasteiger partial charge < -0.3 is 19.8 Å². The largest absolute Gasteiger partial charge is 0.415 e. The van der Waals surface area contributed by atoms with Crippen molar-refractivity contribution in [2.75, 3.05) is 26.3 Å². The predicted octanol–water partition coefficient (Wildman–Crippen LogP) is 1.54. The number of nitrogens with zero attached hydrogens (tertiary/aromatic N) is 6. The molecule has 1 aromatic carbocycles. The van der Waals surface area contributed by atoms with Gasteiger partial charge in [-0.1, -0.05) is 12.1 Å². The second-order valence-corrected chi connectivity index (χ2v) is 7.35. The Kier molecular flexibility index (Phi) is 7.04. The standard InChI is InChI=1S/C21H22F2N8O3/c22-17(23)20-28-27-19(34-20)15-4-5-16(26-11-15)12-31(25)29-18(24)13-2-1-3-14(10-13)21(32)30-6-8-33-9-7-30/h1-5,10-11,17H,6-9,12,25H2,(H2,24,29). The number of hydrazine groups is 1. The first-order valence-corrected chi connectivity index (χ1v) is 10.3. The van der Waals surface area contributed by atoms with Gasteiger partial charge >= 0.3 is 6.43 Å². The summed E-state index contributed by atoms with van der Waals surface area (Å²) < 4.78 is 35.4. The average molecular weight is 472 g/mol. The number of halogens is 2. The molecule has 4 N–H and O–H groups in total. The Morgan fingerprint density at radius 2 is 1.94 bits per heavy atom. The van der Waals surface area contributed by atoms with Crippen LogP contribution in [-0.4, -0.2) is 63.2 Å². The van der Waals surface area contributed by atoms with E-state index in [1.807, 2.05) is 0 Å². The molecule has 0 aliphatic carbocycles. The highest BCUT2D eigenvalue weighted by molar-refractivity contribution is 6.01. The van der Waals surface area contributed by atoms with Gasteiger partial charge in [0.15, 0.2) is 5.84 Å². The van der Waals surface area contributed by atoms with Gasteiger partial charge in [-0.15, -0.1) is 15.3 Å². The van der Waals surface area contributed by atoms with Gasteiger partial charge in [0.25, 0.3) is 11.8 Å². The topological polar surface area (TPSA) is 149 Å². The summed E-state index contributed by atoms with van der Waals surface area (Å²) in [5.74, 6) is 5.16. The summed E-state index contributed by atoms with van der Waals surface area (Å²) in [5.41, 5.74) is 8.06. The van der Waals surface area contributed by atoms with Crippen LogP contribution in [0, 0.1) is 0 Å². The Morgan fingerprint density at radius 1 is 1.18 bits per heavy atom. The van der Waals surface area contributed by atoms with Crippen LogP contribution in [0.5, 0.6) is 0 Å². The maximum absolute atomic E-state index is 12.7. The van der Waals surface area contributed by atoms with E-state index in [-0.39, 0.29) is 24.2 Å². The third-order valence-corrected chi connectivity index (χ3v) is 4.96. The fourth-order valence-electron chi connectivity index (χ4n) is 3.24. The highest BCUT2D eigenvalue weighted by Gasteiger charge is 2.19. The molecule has 3 heterocycles. The van der Waals surface area contributed by atoms with E-state index in [1.165, 1.54) is 6.20 Å². The summed E-state index contributed by atoms with van der Waals surface area (Å²) in [5, 5.41) is 12.1. The maximum atomic E-state index is 12.7. The molecule has 0 spiro atoms. The van der Waals surface area contributed by atoms with Crippen molar-refractivity contribution in [1.82, 2.24) is 25.2 Å². The number of aromatic nitrogens is 3.